The third-order valence-electron chi connectivity index (χ3n) is 7.54. The standard InChI is InChI=1S/C22H25BN4O4/c24-14-23-9-5-22(6-10-23)7-11-26(12-8-22)15-1-2-16-18(13-15)31-21(30)27(16)17-3-4-19(28)25-20(17)29/h1-2,13,17H,3-12H2,(H,25,28,29). The maximum absolute atomic E-state index is 12.5. The average molecular weight is 420 g/mol. The van der Waals surface area contributed by atoms with Crippen LogP contribution in [0.25, 0.3) is 11.1 Å². The molecule has 3 aliphatic heterocycles. The number of hydrogen-bond donors (Lipinski definition) is 1. The molecule has 160 valence electrons. The molecule has 0 saturated carbocycles. The molecule has 1 aromatic heterocycles. The number of nitrogens with one attached hydrogen (secondary N) is 1. The van der Waals surface area contributed by atoms with Crippen molar-refractivity contribution in [2.75, 3.05) is 18.0 Å². The average Bonchev–Trinajstić information content (AvgIpc) is 3.10. The number of nitriles is 1. The zero-order valence-corrected chi connectivity index (χ0v) is 17.4. The van der Waals surface area contributed by atoms with Crippen LogP contribution < -0.4 is 16.0 Å². The lowest BCUT2D eigenvalue weighted by Crippen LogP contribution is -2.43. The lowest BCUT2D eigenvalue weighted by molar-refractivity contribution is -0.135. The quantitative estimate of drug-likeness (QED) is 0.591. The molecule has 1 aromatic carbocycles. The first-order chi connectivity index (χ1) is 15.0. The number of imide groups is 1. The number of hydrogen-bond acceptors (Lipinski definition) is 6. The van der Waals surface area contributed by atoms with Crippen LogP contribution in [-0.4, -0.2) is 36.2 Å². The van der Waals surface area contributed by atoms with E-state index in [1.165, 1.54) is 4.57 Å². The van der Waals surface area contributed by atoms with Gasteiger partial charge in [0, 0.05) is 37.2 Å². The van der Waals surface area contributed by atoms with Gasteiger partial charge in [0.2, 0.25) is 11.8 Å². The van der Waals surface area contributed by atoms with Gasteiger partial charge in [0.1, 0.15) is 6.04 Å². The van der Waals surface area contributed by atoms with Gasteiger partial charge in [-0.05, 0) is 36.8 Å². The number of amides is 2. The first-order valence-electron chi connectivity index (χ1n) is 11.1. The molecule has 8 nitrogen and oxygen atoms in total. The molecule has 3 aliphatic rings. The summed E-state index contributed by atoms with van der Waals surface area (Å²) < 4.78 is 6.84. The zero-order valence-electron chi connectivity index (χ0n) is 17.4. The van der Waals surface area contributed by atoms with Crippen LogP contribution >= 0.6 is 0 Å². The summed E-state index contributed by atoms with van der Waals surface area (Å²) in [6.45, 7) is 2.11. The van der Waals surface area contributed by atoms with E-state index in [1.54, 1.807) is 0 Å². The molecule has 0 aliphatic carbocycles. The first-order valence-corrected chi connectivity index (χ1v) is 11.1. The molecule has 1 atom stereocenters. The molecule has 1 spiro atoms. The zero-order chi connectivity index (χ0) is 21.6. The van der Waals surface area contributed by atoms with Crippen molar-refractivity contribution >= 4 is 35.3 Å². The van der Waals surface area contributed by atoms with Crippen LogP contribution in [0, 0.1) is 16.6 Å². The largest absolute Gasteiger partial charge is 0.420 e. The second-order valence-corrected chi connectivity index (χ2v) is 9.25. The van der Waals surface area contributed by atoms with Gasteiger partial charge in [0.15, 0.2) is 5.58 Å². The minimum atomic E-state index is -0.726. The van der Waals surface area contributed by atoms with Crippen LogP contribution in [0.4, 0.5) is 5.69 Å². The van der Waals surface area contributed by atoms with Crippen molar-refractivity contribution in [3.63, 3.8) is 0 Å². The van der Waals surface area contributed by atoms with Crippen LogP contribution in [0.2, 0.25) is 12.6 Å². The molecule has 4 heterocycles. The third kappa shape index (κ3) is 3.54. The lowest BCUT2D eigenvalue weighted by atomic mass is 9.39. The van der Waals surface area contributed by atoms with Gasteiger partial charge in [-0.1, -0.05) is 25.5 Å². The fraction of sp³-hybridized carbons (Fsp3) is 0.545. The van der Waals surface area contributed by atoms with Crippen LogP contribution in [0.3, 0.4) is 0 Å². The highest BCUT2D eigenvalue weighted by Gasteiger charge is 2.39. The van der Waals surface area contributed by atoms with E-state index in [0.29, 0.717) is 22.9 Å². The number of carbonyl (C=O) groups excluding carboxylic acids is 2. The molecule has 2 amide bonds. The Balaban J connectivity index is 1.34. The Labute approximate surface area is 180 Å². The fourth-order valence-electron chi connectivity index (χ4n) is 5.54. The summed E-state index contributed by atoms with van der Waals surface area (Å²) in [4.78, 5) is 38.5. The van der Waals surface area contributed by atoms with E-state index in [-0.39, 0.29) is 19.0 Å². The summed E-state index contributed by atoms with van der Waals surface area (Å²) in [6.07, 6.45) is 7.04. The van der Waals surface area contributed by atoms with Crippen LogP contribution in [0.15, 0.2) is 27.4 Å². The van der Waals surface area contributed by atoms with Gasteiger partial charge < -0.3 is 9.32 Å². The van der Waals surface area contributed by atoms with Gasteiger partial charge in [-0.2, -0.15) is 0 Å². The number of carbonyl (C=O) groups is 2. The van der Waals surface area contributed by atoms with Crippen LogP contribution in [0.1, 0.15) is 44.6 Å². The smallest absolute Gasteiger partial charge is 0.408 e. The number of fused-ring (bicyclic) bond motifs is 1. The SMILES string of the molecule is N#CB1CCC2(CC1)CCN(c1ccc3c(c1)oc(=O)n3C1CCC(=O)NC1=O)CC2. The minimum absolute atomic E-state index is 0.207. The minimum Gasteiger partial charge on any atom is -0.408 e. The third-order valence-corrected chi connectivity index (χ3v) is 7.54. The molecular formula is C22H25BN4O4. The van der Waals surface area contributed by atoms with Gasteiger partial charge in [0.25, 0.3) is 6.71 Å². The van der Waals surface area contributed by atoms with Gasteiger partial charge >= 0.3 is 5.76 Å². The number of piperidine rings is 2. The maximum atomic E-state index is 12.5. The molecule has 3 fully saturated rings. The van der Waals surface area contributed by atoms with E-state index in [9.17, 15) is 14.4 Å². The Bertz CT molecular complexity index is 1130. The number of rotatable bonds is 2. The molecule has 9 heteroatoms. The maximum Gasteiger partial charge on any atom is 0.420 e. The second kappa shape index (κ2) is 7.59. The number of benzene rings is 1. The van der Waals surface area contributed by atoms with E-state index < -0.39 is 17.7 Å². The van der Waals surface area contributed by atoms with Gasteiger partial charge in [-0.25, -0.2) is 10.1 Å². The van der Waals surface area contributed by atoms with Crippen LogP contribution in [0.5, 0.6) is 0 Å². The summed E-state index contributed by atoms with van der Waals surface area (Å²) in [5.74, 6) is 1.07. The van der Waals surface area contributed by atoms with E-state index in [0.717, 1.165) is 57.1 Å². The Morgan fingerprint density at radius 1 is 1.13 bits per heavy atom. The van der Waals surface area contributed by atoms with E-state index in [1.807, 2.05) is 18.2 Å². The molecule has 3 saturated heterocycles. The van der Waals surface area contributed by atoms with Gasteiger partial charge in [0.05, 0.1) is 5.52 Å². The summed E-state index contributed by atoms with van der Waals surface area (Å²) >= 11 is 0. The van der Waals surface area contributed by atoms with Crippen molar-refractivity contribution in [2.45, 2.75) is 57.2 Å². The highest BCUT2D eigenvalue weighted by molar-refractivity contribution is 6.67. The van der Waals surface area contributed by atoms with E-state index in [4.69, 9.17) is 9.68 Å². The summed E-state index contributed by atoms with van der Waals surface area (Å²) in [7, 11) is 0. The highest BCUT2D eigenvalue weighted by Crippen LogP contribution is 2.45. The lowest BCUT2D eigenvalue weighted by Gasteiger charge is -2.45. The first kappa shape index (κ1) is 19.9. The Kier molecular flexibility index (Phi) is 4.88. The number of nitrogens with zero attached hydrogens (tertiary/aromatic N) is 3. The highest BCUT2D eigenvalue weighted by atomic mass is 16.4. The summed E-state index contributed by atoms with van der Waals surface area (Å²) in [5.41, 5.74) is 2.42. The van der Waals surface area contributed by atoms with Crippen molar-refractivity contribution in [3.05, 3.63) is 28.7 Å². The van der Waals surface area contributed by atoms with Crippen molar-refractivity contribution in [1.29, 1.82) is 5.26 Å². The van der Waals surface area contributed by atoms with Crippen molar-refractivity contribution in [1.82, 2.24) is 9.88 Å². The van der Waals surface area contributed by atoms with Crippen molar-refractivity contribution in [2.24, 2.45) is 5.41 Å². The fourth-order valence-corrected chi connectivity index (χ4v) is 5.54. The second-order valence-electron chi connectivity index (χ2n) is 9.25. The molecule has 5 rings (SSSR count). The normalized spacial score (nSPS) is 23.8. The van der Waals surface area contributed by atoms with Crippen LogP contribution in [-0.2, 0) is 9.59 Å². The van der Waals surface area contributed by atoms with Gasteiger partial charge in [-0.3, -0.25) is 19.5 Å². The van der Waals surface area contributed by atoms with E-state index >= 15 is 0 Å². The van der Waals surface area contributed by atoms with Crippen molar-refractivity contribution < 1.29 is 14.0 Å². The molecular weight excluding hydrogens is 395 g/mol. The van der Waals surface area contributed by atoms with E-state index in [2.05, 4.69) is 16.2 Å². The predicted molar refractivity (Wildman–Crippen MR) is 116 cm³/mol. The molecule has 2 aromatic rings. The molecule has 31 heavy (non-hydrogen) atoms. The Morgan fingerprint density at radius 2 is 1.87 bits per heavy atom. The monoisotopic (exact) mass is 420 g/mol. The van der Waals surface area contributed by atoms with Crippen molar-refractivity contribution in [3.8, 4) is 5.97 Å². The Hall–Kier alpha value is -3.02. The molecule has 1 N–H and O–H groups in total. The predicted octanol–water partition coefficient (Wildman–Crippen LogP) is 2.51. The Morgan fingerprint density at radius 3 is 2.55 bits per heavy atom. The number of anilines is 1. The summed E-state index contributed by atoms with van der Waals surface area (Å²) in [6, 6.07) is 4.96. The van der Waals surface area contributed by atoms with Gasteiger partial charge in [-0.15, -0.1) is 0 Å². The topological polar surface area (TPSA) is 108 Å². The molecule has 0 bridgehead atoms. The summed E-state index contributed by atoms with van der Waals surface area (Å²) in [5, 5.41) is 11.5. The molecule has 1 unspecified atom stereocenters. The number of aromatic nitrogens is 1. The number of oxazole rings is 1. The molecule has 0 radical (unpaired) electrons.